The van der Waals surface area contributed by atoms with Gasteiger partial charge in [-0.25, -0.2) is 0 Å². The fourth-order valence-corrected chi connectivity index (χ4v) is 4.06. The zero-order chi connectivity index (χ0) is 27.6. The first-order valence-corrected chi connectivity index (χ1v) is 12.9. The molecule has 0 atom stereocenters. The van der Waals surface area contributed by atoms with E-state index in [0.29, 0.717) is 50.2 Å². The molecule has 202 valence electrons. The van der Waals surface area contributed by atoms with Crippen LogP contribution in [0.3, 0.4) is 0 Å². The first kappa shape index (κ1) is 31.5. The highest BCUT2D eigenvalue weighted by Gasteiger charge is 2.46. The number of amides is 2. The molecule has 0 aromatic rings. The van der Waals surface area contributed by atoms with E-state index >= 15 is 0 Å². The highest BCUT2D eigenvalue weighted by molar-refractivity contribution is 6.20. The zero-order valence-electron chi connectivity index (χ0n) is 24.7. The molecule has 0 bridgehead atoms. The van der Waals surface area contributed by atoms with Gasteiger partial charge < -0.3 is 9.47 Å². The summed E-state index contributed by atoms with van der Waals surface area (Å²) in [4.78, 5) is 40.0. The lowest BCUT2D eigenvalue weighted by atomic mass is 9.76. The van der Waals surface area contributed by atoms with Gasteiger partial charge in [-0.2, -0.15) is 0 Å². The van der Waals surface area contributed by atoms with Gasteiger partial charge in [0, 0.05) is 29.5 Å². The molecule has 0 fully saturated rings. The van der Waals surface area contributed by atoms with E-state index in [2.05, 4.69) is 0 Å². The Kier molecular flexibility index (Phi) is 9.75. The average molecular weight is 494 g/mol. The third-order valence-corrected chi connectivity index (χ3v) is 6.46. The minimum atomic E-state index is -0.509. The average Bonchev–Trinajstić information content (AvgIpc) is 2.89. The lowest BCUT2D eigenvalue weighted by Gasteiger charge is -2.31. The third kappa shape index (κ3) is 9.13. The molecule has 0 unspecified atom stereocenters. The molecule has 1 aliphatic rings. The van der Waals surface area contributed by atoms with Crippen molar-refractivity contribution in [1.82, 2.24) is 4.90 Å². The summed E-state index contributed by atoms with van der Waals surface area (Å²) in [5.74, 6) is -0.166. The van der Waals surface area contributed by atoms with Crippen molar-refractivity contribution >= 4 is 17.6 Å². The number of ether oxygens (including phenoxy) is 2. The number of hydrogen-bond acceptors (Lipinski definition) is 5. The van der Waals surface area contributed by atoms with Gasteiger partial charge in [0.15, 0.2) is 0 Å². The number of nitrogens with zero attached hydrogens (tertiary/aromatic N) is 1. The Balaban J connectivity index is 2.66. The summed E-state index contributed by atoms with van der Waals surface area (Å²) in [6, 6.07) is 0. The van der Waals surface area contributed by atoms with Crippen molar-refractivity contribution in [3.63, 3.8) is 0 Å². The minimum Gasteiger partial charge on any atom is -0.375 e. The van der Waals surface area contributed by atoms with Crippen LogP contribution in [-0.4, -0.2) is 53.5 Å². The monoisotopic (exact) mass is 493 g/mol. The van der Waals surface area contributed by atoms with Crippen molar-refractivity contribution in [3.8, 4) is 0 Å². The molecule has 6 nitrogen and oxygen atoms in total. The second-order valence-electron chi connectivity index (χ2n) is 14.2. The smallest absolute Gasteiger partial charge is 0.257 e. The molecule has 1 rings (SSSR count). The summed E-state index contributed by atoms with van der Waals surface area (Å²) < 4.78 is 12.1. The Morgan fingerprint density at radius 2 is 1.06 bits per heavy atom. The third-order valence-electron chi connectivity index (χ3n) is 6.46. The Hall–Kier alpha value is -1.53. The van der Waals surface area contributed by atoms with Crippen molar-refractivity contribution in [1.29, 1.82) is 0 Å². The Bertz CT molecular complexity index is 793. The fraction of sp³-hybridized carbons (Fsp3) is 0.828. The number of rotatable bonds is 11. The first-order valence-electron chi connectivity index (χ1n) is 12.9. The van der Waals surface area contributed by atoms with E-state index in [4.69, 9.17) is 9.47 Å². The van der Waals surface area contributed by atoms with Crippen LogP contribution in [0.4, 0.5) is 0 Å². The topological polar surface area (TPSA) is 72.9 Å². The second kappa shape index (κ2) is 10.8. The molecule has 35 heavy (non-hydrogen) atoms. The summed E-state index contributed by atoms with van der Waals surface area (Å²) in [5, 5.41) is 0. The second-order valence-corrected chi connectivity index (χ2v) is 14.2. The van der Waals surface area contributed by atoms with E-state index in [1.807, 2.05) is 90.0 Å². The number of ketones is 1. The summed E-state index contributed by atoms with van der Waals surface area (Å²) in [5.41, 5.74) is -0.836. The molecular formula is C29H51NO5. The van der Waals surface area contributed by atoms with Gasteiger partial charge in [0.2, 0.25) is 0 Å². The van der Waals surface area contributed by atoms with Gasteiger partial charge in [-0.05, 0) is 51.4 Å². The van der Waals surface area contributed by atoms with E-state index in [-0.39, 0.29) is 23.0 Å². The molecule has 1 heterocycles. The van der Waals surface area contributed by atoms with Crippen molar-refractivity contribution in [3.05, 3.63) is 11.1 Å². The Labute approximate surface area is 214 Å². The van der Waals surface area contributed by atoms with Gasteiger partial charge in [0.1, 0.15) is 5.78 Å². The molecule has 0 aliphatic carbocycles. The Morgan fingerprint density at radius 1 is 0.657 bits per heavy atom. The van der Waals surface area contributed by atoms with Crippen LogP contribution in [0.2, 0.25) is 0 Å². The summed E-state index contributed by atoms with van der Waals surface area (Å²) in [6.45, 7) is 26.8. The van der Waals surface area contributed by atoms with E-state index in [0.717, 1.165) is 0 Å². The highest BCUT2D eigenvalue weighted by atomic mass is 16.5. The van der Waals surface area contributed by atoms with Crippen LogP contribution in [-0.2, 0) is 23.9 Å². The molecule has 0 aromatic carbocycles. The van der Waals surface area contributed by atoms with E-state index in [9.17, 15) is 14.4 Å². The van der Waals surface area contributed by atoms with Crippen LogP contribution in [0.15, 0.2) is 11.1 Å². The summed E-state index contributed by atoms with van der Waals surface area (Å²) in [6.07, 6.45) is 1.62. The molecule has 0 saturated heterocycles. The van der Waals surface area contributed by atoms with Gasteiger partial charge in [-0.3, -0.25) is 19.3 Å². The van der Waals surface area contributed by atoms with E-state index in [1.165, 1.54) is 4.90 Å². The SMILES string of the molecule is CC(C)(CCOC(C)(C)CCN1C(=O)C(C(C)(C)C)=C(C(C)(C)C)C1=O)OCCC(=O)C(C)(C)C. The van der Waals surface area contributed by atoms with Gasteiger partial charge in [-0.1, -0.05) is 62.3 Å². The van der Waals surface area contributed by atoms with E-state index in [1.54, 1.807) is 0 Å². The molecule has 0 spiro atoms. The lowest BCUT2D eigenvalue weighted by Crippen LogP contribution is -2.39. The molecule has 0 saturated carbocycles. The van der Waals surface area contributed by atoms with Crippen LogP contribution in [0.25, 0.3) is 0 Å². The fourth-order valence-electron chi connectivity index (χ4n) is 4.06. The predicted octanol–water partition coefficient (Wildman–Crippen LogP) is 6.12. The largest absolute Gasteiger partial charge is 0.375 e. The molecule has 6 heteroatoms. The summed E-state index contributed by atoms with van der Waals surface area (Å²) in [7, 11) is 0. The van der Waals surface area contributed by atoms with E-state index < -0.39 is 22.0 Å². The quantitative estimate of drug-likeness (QED) is 0.324. The maximum Gasteiger partial charge on any atom is 0.257 e. The van der Waals surface area contributed by atoms with Crippen LogP contribution in [0, 0.1) is 16.2 Å². The van der Waals surface area contributed by atoms with Crippen molar-refractivity contribution in [2.24, 2.45) is 16.2 Å². The van der Waals surface area contributed by atoms with Crippen LogP contribution >= 0.6 is 0 Å². The van der Waals surface area contributed by atoms with Gasteiger partial charge in [-0.15, -0.1) is 0 Å². The molecule has 0 radical (unpaired) electrons. The van der Waals surface area contributed by atoms with Gasteiger partial charge >= 0.3 is 0 Å². The number of imide groups is 1. The van der Waals surface area contributed by atoms with Crippen LogP contribution in [0.1, 0.15) is 109 Å². The zero-order valence-corrected chi connectivity index (χ0v) is 24.7. The van der Waals surface area contributed by atoms with Crippen LogP contribution < -0.4 is 0 Å². The maximum absolute atomic E-state index is 13.3. The lowest BCUT2D eigenvalue weighted by molar-refractivity contribution is -0.139. The first-order chi connectivity index (χ1) is 15.5. The standard InChI is InChI=1S/C29H51NO5/c1-25(2,3)20(31)14-18-34-29(12,13)16-19-35-28(10,11)15-17-30-23(32)21(26(4,5)6)22(24(30)33)27(7,8)9/h14-19H2,1-13H3. The molecular weight excluding hydrogens is 442 g/mol. The van der Waals surface area contributed by atoms with Crippen LogP contribution in [0.5, 0.6) is 0 Å². The Morgan fingerprint density at radius 3 is 1.46 bits per heavy atom. The highest BCUT2D eigenvalue weighted by Crippen LogP contribution is 2.42. The normalized spacial score (nSPS) is 16.5. The minimum absolute atomic E-state index is 0.178. The molecule has 2 amide bonds. The van der Waals surface area contributed by atoms with Crippen molar-refractivity contribution in [2.45, 2.75) is 120 Å². The maximum atomic E-state index is 13.3. The van der Waals surface area contributed by atoms with Crippen molar-refractivity contribution < 1.29 is 23.9 Å². The predicted molar refractivity (Wildman–Crippen MR) is 141 cm³/mol. The van der Waals surface area contributed by atoms with Gasteiger partial charge in [0.25, 0.3) is 11.8 Å². The van der Waals surface area contributed by atoms with Gasteiger partial charge in [0.05, 0.1) is 24.4 Å². The molecule has 0 aromatic heterocycles. The molecule has 0 N–H and O–H groups in total. The number of Topliss-reactive ketones (excluding diaryl/α,β-unsaturated/α-hetero) is 1. The summed E-state index contributed by atoms with van der Waals surface area (Å²) >= 11 is 0. The number of carbonyl (C=O) groups excluding carboxylic acids is 3. The number of carbonyl (C=O) groups is 3. The molecule has 1 aliphatic heterocycles. The number of hydrogen-bond donors (Lipinski definition) is 0. The van der Waals surface area contributed by atoms with Crippen molar-refractivity contribution in [2.75, 3.05) is 19.8 Å².